The van der Waals surface area contributed by atoms with Gasteiger partial charge >= 0.3 is 5.97 Å². The molecule has 0 amide bonds. The molecule has 2 aromatic carbocycles. The average molecular weight is 411 g/mol. The summed E-state index contributed by atoms with van der Waals surface area (Å²) in [6.07, 6.45) is 2.69. The third-order valence-electron chi connectivity index (χ3n) is 6.66. The summed E-state index contributed by atoms with van der Waals surface area (Å²) >= 11 is 0. The number of hydrogen-bond acceptors (Lipinski definition) is 3. The minimum absolute atomic E-state index is 0.128. The molecule has 0 spiro atoms. The van der Waals surface area contributed by atoms with E-state index in [2.05, 4.69) is 58.9 Å². The summed E-state index contributed by atoms with van der Waals surface area (Å²) in [5.41, 5.74) is 1.59. The fourth-order valence-electron chi connectivity index (χ4n) is 3.11. The van der Waals surface area contributed by atoms with Gasteiger partial charge in [-0.15, -0.1) is 0 Å². The number of carbonyl (C=O) groups excluding carboxylic acids is 1. The molecule has 0 atom stereocenters. The molecular weight excluding hydrogens is 372 g/mol. The molecule has 3 nitrogen and oxygen atoms in total. The highest BCUT2D eigenvalue weighted by Crippen LogP contribution is 2.34. The molecule has 0 radical (unpaired) electrons. The zero-order valence-electron chi connectivity index (χ0n) is 20.0. The summed E-state index contributed by atoms with van der Waals surface area (Å²) in [6.45, 7) is 16.7. The SMILES string of the molecule is CCC(C)(CC)Oc1ccc(C(C)(C)c2ccc(OC(=O)C(C)(C)CC)cc2)cc1. The van der Waals surface area contributed by atoms with Crippen LogP contribution >= 0.6 is 0 Å². The fourth-order valence-corrected chi connectivity index (χ4v) is 3.11. The summed E-state index contributed by atoms with van der Waals surface area (Å²) in [6, 6.07) is 16.2. The van der Waals surface area contributed by atoms with Gasteiger partial charge in [-0.25, -0.2) is 0 Å². The Morgan fingerprint density at radius 2 is 1.13 bits per heavy atom. The molecule has 0 unspecified atom stereocenters. The van der Waals surface area contributed by atoms with Gasteiger partial charge in [-0.3, -0.25) is 4.79 Å². The zero-order chi connectivity index (χ0) is 22.6. The van der Waals surface area contributed by atoms with E-state index in [0.717, 1.165) is 30.6 Å². The average Bonchev–Trinajstić information content (AvgIpc) is 2.74. The maximum absolute atomic E-state index is 12.3. The molecule has 164 valence electrons. The van der Waals surface area contributed by atoms with E-state index in [9.17, 15) is 4.79 Å². The van der Waals surface area contributed by atoms with E-state index in [-0.39, 0.29) is 17.0 Å². The predicted octanol–water partition coefficient (Wildman–Crippen LogP) is 7.31. The molecule has 0 saturated heterocycles. The molecule has 30 heavy (non-hydrogen) atoms. The minimum Gasteiger partial charge on any atom is -0.488 e. The van der Waals surface area contributed by atoms with Crippen molar-refractivity contribution in [2.24, 2.45) is 5.41 Å². The summed E-state index contributed by atoms with van der Waals surface area (Å²) in [4.78, 5) is 12.3. The number of rotatable bonds is 9. The lowest BCUT2D eigenvalue weighted by molar-refractivity contribution is -0.144. The standard InChI is InChI=1S/C27H38O3/c1-9-25(4,5)24(28)29-22-16-12-20(13-17-22)26(6,7)21-14-18-23(19-15-21)30-27(8,10-2)11-3/h12-19H,9-11H2,1-8H3. The molecule has 0 fully saturated rings. The Labute approximate surface area is 182 Å². The molecule has 2 aromatic rings. The maximum atomic E-state index is 12.3. The molecule has 0 aliphatic heterocycles. The lowest BCUT2D eigenvalue weighted by atomic mass is 9.78. The fraction of sp³-hybridized carbons (Fsp3) is 0.519. The Hall–Kier alpha value is -2.29. The minimum atomic E-state index is -0.479. The van der Waals surface area contributed by atoms with E-state index < -0.39 is 5.41 Å². The molecule has 0 heterocycles. The molecule has 0 aliphatic carbocycles. The summed E-state index contributed by atoms with van der Waals surface area (Å²) in [7, 11) is 0. The van der Waals surface area contributed by atoms with Gasteiger partial charge < -0.3 is 9.47 Å². The molecule has 0 saturated carbocycles. The topological polar surface area (TPSA) is 35.5 Å². The number of hydrogen-bond donors (Lipinski definition) is 0. The van der Waals surface area contributed by atoms with Crippen LogP contribution in [0.5, 0.6) is 11.5 Å². The van der Waals surface area contributed by atoms with Crippen molar-refractivity contribution in [2.75, 3.05) is 0 Å². The summed E-state index contributed by atoms with van der Waals surface area (Å²) in [5, 5.41) is 0. The van der Waals surface area contributed by atoms with Crippen molar-refractivity contribution < 1.29 is 14.3 Å². The monoisotopic (exact) mass is 410 g/mol. The van der Waals surface area contributed by atoms with Crippen LogP contribution in [0.4, 0.5) is 0 Å². The van der Waals surface area contributed by atoms with E-state index in [1.165, 1.54) is 5.56 Å². The van der Waals surface area contributed by atoms with Gasteiger partial charge in [-0.1, -0.05) is 58.9 Å². The number of ether oxygens (including phenoxy) is 2. The molecule has 0 N–H and O–H groups in total. The van der Waals surface area contributed by atoms with E-state index in [1.54, 1.807) is 0 Å². The van der Waals surface area contributed by atoms with Crippen LogP contribution in [0.2, 0.25) is 0 Å². The van der Waals surface area contributed by atoms with Gasteiger partial charge in [0.2, 0.25) is 0 Å². The smallest absolute Gasteiger partial charge is 0.316 e. The maximum Gasteiger partial charge on any atom is 0.316 e. The van der Waals surface area contributed by atoms with Gasteiger partial charge in [0.25, 0.3) is 0 Å². The van der Waals surface area contributed by atoms with Crippen molar-refractivity contribution in [3.8, 4) is 11.5 Å². The van der Waals surface area contributed by atoms with E-state index in [1.807, 2.05) is 45.0 Å². The van der Waals surface area contributed by atoms with Gasteiger partial charge in [0.1, 0.15) is 17.1 Å². The Morgan fingerprint density at radius 1 is 0.700 bits per heavy atom. The van der Waals surface area contributed by atoms with Gasteiger partial charge in [0.15, 0.2) is 0 Å². The molecule has 0 aliphatic rings. The van der Waals surface area contributed by atoms with E-state index >= 15 is 0 Å². The molecule has 0 bridgehead atoms. The van der Waals surface area contributed by atoms with Crippen molar-refractivity contribution in [3.63, 3.8) is 0 Å². The normalized spacial score (nSPS) is 12.5. The zero-order valence-corrected chi connectivity index (χ0v) is 20.0. The van der Waals surface area contributed by atoms with Crippen molar-refractivity contribution in [1.29, 1.82) is 0 Å². The van der Waals surface area contributed by atoms with Gasteiger partial charge in [0, 0.05) is 5.41 Å². The van der Waals surface area contributed by atoms with Crippen LogP contribution in [0.1, 0.15) is 85.8 Å². The number of esters is 1. The van der Waals surface area contributed by atoms with Crippen molar-refractivity contribution in [3.05, 3.63) is 59.7 Å². The van der Waals surface area contributed by atoms with Crippen LogP contribution in [-0.2, 0) is 10.2 Å². The van der Waals surface area contributed by atoms with Crippen LogP contribution < -0.4 is 9.47 Å². The first kappa shape index (κ1) is 24.0. The Balaban J connectivity index is 2.16. The molecular formula is C27H38O3. The number of carbonyl (C=O) groups is 1. The molecule has 0 aromatic heterocycles. The van der Waals surface area contributed by atoms with Crippen LogP contribution in [0.25, 0.3) is 0 Å². The van der Waals surface area contributed by atoms with Crippen molar-refractivity contribution in [2.45, 2.75) is 85.7 Å². The lowest BCUT2D eigenvalue weighted by Crippen LogP contribution is -2.30. The van der Waals surface area contributed by atoms with Crippen molar-refractivity contribution in [1.82, 2.24) is 0 Å². The van der Waals surface area contributed by atoms with Gasteiger partial charge in [0.05, 0.1) is 5.41 Å². The first-order chi connectivity index (χ1) is 14.0. The Bertz CT molecular complexity index is 825. The van der Waals surface area contributed by atoms with Crippen molar-refractivity contribution >= 4 is 5.97 Å². The van der Waals surface area contributed by atoms with Gasteiger partial charge in [-0.05, 0) is 75.4 Å². The lowest BCUT2D eigenvalue weighted by Gasteiger charge is -2.30. The van der Waals surface area contributed by atoms with Crippen LogP contribution in [-0.4, -0.2) is 11.6 Å². The third kappa shape index (κ3) is 5.44. The predicted molar refractivity (Wildman–Crippen MR) is 124 cm³/mol. The van der Waals surface area contributed by atoms with Crippen LogP contribution in [0, 0.1) is 5.41 Å². The Kier molecular flexibility index (Phi) is 7.39. The van der Waals surface area contributed by atoms with Gasteiger partial charge in [-0.2, -0.15) is 0 Å². The largest absolute Gasteiger partial charge is 0.488 e. The van der Waals surface area contributed by atoms with Crippen LogP contribution in [0.3, 0.4) is 0 Å². The first-order valence-electron chi connectivity index (χ1n) is 11.1. The summed E-state index contributed by atoms with van der Waals surface area (Å²) < 4.78 is 11.8. The van der Waals surface area contributed by atoms with Crippen LogP contribution in [0.15, 0.2) is 48.5 Å². The quantitative estimate of drug-likeness (QED) is 0.321. The second-order valence-electron chi connectivity index (χ2n) is 9.56. The number of benzene rings is 2. The second-order valence-corrected chi connectivity index (χ2v) is 9.56. The highest BCUT2D eigenvalue weighted by Gasteiger charge is 2.28. The molecule has 2 rings (SSSR count). The second kappa shape index (κ2) is 9.24. The Morgan fingerprint density at radius 3 is 1.53 bits per heavy atom. The third-order valence-corrected chi connectivity index (χ3v) is 6.66. The first-order valence-corrected chi connectivity index (χ1v) is 11.1. The van der Waals surface area contributed by atoms with E-state index in [0.29, 0.717) is 5.75 Å². The van der Waals surface area contributed by atoms with E-state index in [4.69, 9.17) is 9.47 Å². The molecule has 3 heteroatoms. The summed E-state index contributed by atoms with van der Waals surface area (Å²) in [5.74, 6) is 1.29. The highest BCUT2D eigenvalue weighted by molar-refractivity contribution is 5.78. The highest BCUT2D eigenvalue weighted by atomic mass is 16.5.